The number of carbonyl (C=O) groups excluding carboxylic acids is 1. The Bertz CT molecular complexity index is 406. The van der Waals surface area contributed by atoms with Crippen molar-refractivity contribution in [3.05, 3.63) is 15.6 Å². The van der Waals surface area contributed by atoms with E-state index in [2.05, 4.69) is 15.6 Å². The van der Waals surface area contributed by atoms with Crippen molar-refractivity contribution < 1.29 is 4.79 Å². The van der Waals surface area contributed by atoms with Crippen LogP contribution >= 0.6 is 36.2 Å². The standard InChI is InChI=1S/C12H19N3OS.2ClH/c1-8-11(17-9(2)15-8)7-14-12(16)5-10-3-4-13-6-10;;/h10,13H,3-7H2,1-2H3,(H,14,16);2*1H. The van der Waals surface area contributed by atoms with Gasteiger partial charge in [-0.2, -0.15) is 0 Å². The van der Waals surface area contributed by atoms with E-state index in [4.69, 9.17) is 0 Å². The third-order valence-corrected chi connectivity index (χ3v) is 4.16. The number of amides is 1. The molecule has 2 heterocycles. The fourth-order valence-electron chi connectivity index (χ4n) is 2.14. The number of nitrogens with zero attached hydrogens (tertiary/aromatic N) is 1. The Kier molecular flexibility index (Phi) is 8.57. The van der Waals surface area contributed by atoms with Crippen LogP contribution in [0.5, 0.6) is 0 Å². The van der Waals surface area contributed by atoms with Crippen molar-refractivity contribution in [2.45, 2.75) is 33.2 Å². The number of hydrogen-bond donors (Lipinski definition) is 2. The van der Waals surface area contributed by atoms with Crippen LogP contribution in [0, 0.1) is 19.8 Å². The summed E-state index contributed by atoms with van der Waals surface area (Å²) in [6.45, 7) is 6.63. The molecule has 110 valence electrons. The van der Waals surface area contributed by atoms with Crippen molar-refractivity contribution >= 4 is 42.1 Å². The summed E-state index contributed by atoms with van der Waals surface area (Å²) in [5.41, 5.74) is 1.04. The van der Waals surface area contributed by atoms with Crippen LogP contribution in [0.1, 0.15) is 28.4 Å². The van der Waals surface area contributed by atoms with Gasteiger partial charge in [-0.25, -0.2) is 4.98 Å². The Balaban J connectivity index is 0.00000162. The van der Waals surface area contributed by atoms with Gasteiger partial charge in [-0.3, -0.25) is 4.79 Å². The zero-order valence-corrected chi connectivity index (χ0v) is 13.6. The summed E-state index contributed by atoms with van der Waals surface area (Å²) >= 11 is 1.66. The molecule has 1 fully saturated rings. The maximum atomic E-state index is 11.7. The molecule has 2 N–H and O–H groups in total. The molecule has 1 aliphatic heterocycles. The van der Waals surface area contributed by atoms with Gasteiger partial charge >= 0.3 is 0 Å². The topological polar surface area (TPSA) is 54.0 Å². The molecule has 0 bridgehead atoms. The molecule has 4 nitrogen and oxygen atoms in total. The van der Waals surface area contributed by atoms with Crippen LogP contribution in [0.15, 0.2) is 0 Å². The second-order valence-corrected chi connectivity index (χ2v) is 5.87. The lowest BCUT2D eigenvalue weighted by Gasteiger charge is -2.08. The monoisotopic (exact) mass is 325 g/mol. The highest BCUT2D eigenvalue weighted by molar-refractivity contribution is 7.11. The summed E-state index contributed by atoms with van der Waals surface area (Å²) in [7, 11) is 0. The van der Waals surface area contributed by atoms with Crippen molar-refractivity contribution in [2.75, 3.05) is 13.1 Å². The molecule has 0 spiro atoms. The highest BCUT2D eigenvalue weighted by Crippen LogP contribution is 2.17. The molecule has 1 aromatic heterocycles. The third-order valence-electron chi connectivity index (χ3n) is 3.08. The predicted molar refractivity (Wildman–Crippen MR) is 83.5 cm³/mol. The first-order valence-corrected chi connectivity index (χ1v) is 6.87. The van der Waals surface area contributed by atoms with Crippen LogP contribution in [0.4, 0.5) is 0 Å². The van der Waals surface area contributed by atoms with Crippen LogP contribution < -0.4 is 10.6 Å². The molecule has 1 atom stereocenters. The first-order chi connectivity index (χ1) is 8.15. The normalized spacial score (nSPS) is 17.5. The molecule has 7 heteroatoms. The molecule has 2 rings (SSSR count). The minimum Gasteiger partial charge on any atom is -0.351 e. The van der Waals surface area contributed by atoms with Crippen LogP contribution in [0.25, 0.3) is 0 Å². The van der Waals surface area contributed by atoms with Crippen LogP contribution in [0.2, 0.25) is 0 Å². The molecule has 0 aromatic carbocycles. The van der Waals surface area contributed by atoms with Gasteiger partial charge in [0, 0.05) is 11.3 Å². The zero-order chi connectivity index (χ0) is 12.3. The fourth-order valence-corrected chi connectivity index (χ4v) is 3.02. The number of halogens is 2. The van der Waals surface area contributed by atoms with Crippen LogP contribution in [-0.4, -0.2) is 24.0 Å². The van der Waals surface area contributed by atoms with Gasteiger partial charge in [-0.15, -0.1) is 36.2 Å². The van der Waals surface area contributed by atoms with E-state index in [9.17, 15) is 4.79 Å². The molecular weight excluding hydrogens is 305 g/mol. The molecule has 1 aromatic rings. The lowest BCUT2D eigenvalue weighted by atomic mass is 10.0. The second kappa shape index (κ2) is 8.74. The molecule has 1 amide bonds. The van der Waals surface area contributed by atoms with Gasteiger partial charge in [-0.1, -0.05) is 0 Å². The van der Waals surface area contributed by atoms with Gasteiger partial charge in [0.15, 0.2) is 0 Å². The summed E-state index contributed by atoms with van der Waals surface area (Å²) in [4.78, 5) is 17.3. The van der Waals surface area contributed by atoms with E-state index >= 15 is 0 Å². The highest BCUT2D eigenvalue weighted by Gasteiger charge is 2.18. The molecule has 1 aliphatic rings. The lowest BCUT2D eigenvalue weighted by molar-refractivity contribution is -0.122. The molecule has 1 saturated heterocycles. The van der Waals surface area contributed by atoms with E-state index in [1.54, 1.807) is 11.3 Å². The van der Waals surface area contributed by atoms with Crippen molar-refractivity contribution in [3.63, 3.8) is 0 Å². The Hall–Kier alpha value is -0.360. The highest BCUT2D eigenvalue weighted by atomic mass is 35.5. The van der Waals surface area contributed by atoms with E-state index in [1.165, 1.54) is 4.88 Å². The summed E-state index contributed by atoms with van der Waals surface area (Å²) in [6.07, 6.45) is 1.76. The Morgan fingerprint density at radius 2 is 2.21 bits per heavy atom. The Morgan fingerprint density at radius 3 is 2.74 bits per heavy atom. The first-order valence-electron chi connectivity index (χ1n) is 6.05. The minimum atomic E-state index is 0. The van der Waals surface area contributed by atoms with E-state index in [0.717, 1.165) is 30.2 Å². The van der Waals surface area contributed by atoms with Gasteiger partial charge in [-0.05, 0) is 39.3 Å². The lowest BCUT2D eigenvalue weighted by Crippen LogP contribution is -2.25. The molecule has 0 aliphatic carbocycles. The van der Waals surface area contributed by atoms with Gasteiger partial charge in [0.1, 0.15) is 0 Å². The number of hydrogen-bond acceptors (Lipinski definition) is 4. The quantitative estimate of drug-likeness (QED) is 0.892. The summed E-state index contributed by atoms with van der Waals surface area (Å²) in [5.74, 6) is 0.670. The van der Waals surface area contributed by atoms with Crippen LogP contribution in [-0.2, 0) is 11.3 Å². The van der Waals surface area contributed by atoms with E-state index in [0.29, 0.717) is 18.9 Å². The summed E-state index contributed by atoms with van der Waals surface area (Å²) in [5, 5.41) is 7.32. The SMILES string of the molecule is Cc1nc(C)c(CNC(=O)CC2CCNC2)s1.Cl.Cl. The van der Waals surface area contributed by atoms with Crippen LogP contribution in [0.3, 0.4) is 0 Å². The van der Waals surface area contributed by atoms with Crippen molar-refractivity contribution in [3.8, 4) is 0 Å². The van der Waals surface area contributed by atoms with Gasteiger partial charge in [0.25, 0.3) is 0 Å². The summed E-state index contributed by atoms with van der Waals surface area (Å²) in [6, 6.07) is 0. The van der Waals surface area contributed by atoms with Gasteiger partial charge < -0.3 is 10.6 Å². The van der Waals surface area contributed by atoms with Gasteiger partial charge in [0.05, 0.1) is 17.2 Å². The summed E-state index contributed by atoms with van der Waals surface area (Å²) < 4.78 is 0. The fraction of sp³-hybridized carbons (Fsp3) is 0.667. The molecular formula is C12H21Cl2N3OS. The number of nitrogens with one attached hydrogen (secondary N) is 2. The number of rotatable bonds is 4. The maximum absolute atomic E-state index is 11.7. The molecule has 1 unspecified atom stereocenters. The van der Waals surface area contributed by atoms with Crippen molar-refractivity contribution in [1.29, 1.82) is 0 Å². The number of thiazole rings is 1. The number of aryl methyl sites for hydroxylation is 2. The van der Waals surface area contributed by atoms with Crippen molar-refractivity contribution in [2.24, 2.45) is 5.92 Å². The first kappa shape index (κ1) is 18.6. The van der Waals surface area contributed by atoms with E-state index < -0.39 is 0 Å². The molecule has 0 saturated carbocycles. The van der Waals surface area contributed by atoms with Crippen molar-refractivity contribution in [1.82, 2.24) is 15.6 Å². The number of carbonyl (C=O) groups is 1. The smallest absolute Gasteiger partial charge is 0.220 e. The number of aromatic nitrogens is 1. The largest absolute Gasteiger partial charge is 0.351 e. The maximum Gasteiger partial charge on any atom is 0.220 e. The predicted octanol–water partition coefficient (Wildman–Crippen LogP) is 2.22. The zero-order valence-electron chi connectivity index (χ0n) is 11.2. The second-order valence-electron chi connectivity index (χ2n) is 4.58. The Labute approximate surface area is 130 Å². The average molecular weight is 326 g/mol. The minimum absolute atomic E-state index is 0. The van der Waals surface area contributed by atoms with Gasteiger partial charge in [0.2, 0.25) is 5.91 Å². The molecule has 19 heavy (non-hydrogen) atoms. The molecule has 0 radical (unpaired) electrons. The van der Waals surface area contributed by atoms with E-state index in [1.807, 2.05) is 13.8 Å². The average Bonchev–Trinajstić information content (AvgIpc) is 2.86. The van der Waals surface area contributed by atoms with E-state index in [-0.39, 0.29) is 30.7 Å². The Morgan fingerprint density at radius 1 is 1.47 bits per heavy atom. The third kappa shape index (κ3) is 5.65.